The number of pyridine rings is 1. The van der Waals surface area contributed by atoms with Gasteiger partial charge in [-0.25, -0.2) is 4.98 Å². The van der Waals surface area contributed by atoms with Gasteiger partial charge in [-0.05, 0) is 37.3 Å². The molecule has 1 N–H and O–H groups in total. The van der Waals surface area contributed by atoms with Crippen LogP contribution in [0, 0.1) is 11.8 Å². The summed E-state index contributed by atoms with van der Waals surface area (Å²) >= 11 is 25.7. The van der Waals surface area contributed by atoms with E-state index in [-0.39, 0.29) is 21.2 Å². The lowest BCUT2D eigenvalue weighted by Gasteiger charge is -2.50. The number of rotatable bonds is 4. The maximum Gasteiger partial charge on any atom is 0.156 e. The number of hydrogen-bond donors (Lipinski definition) is 1. The van der Waals surface area contributed by atoms with Crippen LogP contribution in [0.15, 0.2) is 18.7 Å². The number of halogens is 4. The largest absolute Gasteiger partial charge is 0.494 e. The first-order chi connectivity index (χ1) is 13.4. The number of fused-ring (bicyclic) bond motifs is 4. The van der Waals surface area contributed by atoms with E-state index in [1.807, 2.05) is 6.08 Å². The summed E-state index contributed by atoms with van der Waals surface area (Å²) in [6, 6.07) is 1.55. The quantitative estimate of drug-likeness (QED) is 0.462. The third-order valence-corrected chi connectivity index (χ3v) is 7.47. The highest BCUT2D eigenvalue weighted by Crippen LogP contribution is 2.48. The van der Waals surface area contributed by atoms with Crippen LogP contribution in [-0.2, 0) is 0 Å². The van der Waals surface area contributed by atoms with Gasteiger partial charge >= 0.3 is 0 Å². The molecule has 28 heavy (non-hydrogen) atoms. The Hall–Kier alpha value is -0.750. The van der Waals surface area contributed by atoms with Gasteiger partial charge in [-0.3, -0.25) is 4.90 Å². The minimum atomic E-state index is -0.868. The highest BCUT2D eigenvalue weighted by atomic mass is 35.5. The Balaban J connectivity index is 1.86. The second-order valence-corrected chi connectivity index (χ2v) is 8.94. The van der Waals surface area contributed by atoms with Crippen molar-refractivity contribution < 1.29 is 9.84 Å². The third kappa shape index (κ3) is 3.19. The highest BCUT2D eigenvalue weighted by molar-refractivity contribution is 6.45. The first-order valence-corrected chi connectivity index (χ1v) is 10.6. The smallest absolute Gasteiger partial charge is 0.156 e. The third-order valence-electron chi connectivity index (χ3n) is 6.08. The number of hydrogen-bond acceptors (Lipinski definition) is 4. The molecule has 2 bridgehead atoms. The summed E-state index contributed by atoms with van der Waals surface area (Å²) in [5.41, 5.74) is 0.948. The van der Waals surface area contributed by atoms with E-state index in [2.05, 4.69) is 16.5 Å². The molecule has 1 aromatic carbocycles. The number of aliphatic hydroxyl groups excluding tert-OH is 1. The Morgan fingerprint density at radius 1 is 1.32 bits per heavy atom. The van der Waals surface area contributed by atoms with Gasteiger partial charge in [0, 0.05) is 23.5 Å². The minimum absolute atomic E-state index is 0.0770. The molecule has 4 heterocycles. The van der Waals surface area contributed by atoms with Crippen molar-refractivity contribution >= 4 is 57.3 Å². The number of aliphatic hydroxyl groups is 1. The molecule has 4 nitrogen and oxygen atoms in total. The molecule has 3 aliphatic rings. The number of nitrogens with zero attached hydrogens (tertiary/aromatic N) is 2. The lowest BCUT2D eigenvalue weighted by molar-refractivity contribution is -0.0444. The molecule has 150 valence electrons. The first-order valence-electron chi connectivity index (χ1n) is 9.12. The van der Waals surface area contributed by atoms with E-state index in [4.69, 9.17) is 51.1 Å². The van der Waals surface area contributed by atoms with Gasteiger partial charge in [-0.15, -0.1) is 6.58 Å². The summed E-state index contributed by atoms with van der Waals surface area (Å²) in [7, 11) is 1.49. The van der Waals surface area contributed by atoms with E-state index in [0.29, 0.717) is 39.1 Å². The fraction of sp³-hybridized carbons (Fsp3) is 0.450. The van der Waals surface area contributed by atoms with E-state index >= 15 is 0 Å². The second-order valence-electron chi connectivity index (χ2n) is 7.42. The van der Waals surface area contributed by atoms with E-state index in [1.165, 1.54) is 7.11 Å². The van der Waals surface area contributed by atoms with Crippen LogP contribution < -0.4 is 4.74 Å². The van der Waals surface area contributed by atoms with E-state index in [9.17, 15) is 5.11 Å². The number of methoxy groups -OCH3 is 1. The fourth-order valence-corrected chi connectivity index (χ4v) is 5.81. The van der Waals surface area contributed by atoms with Crippen LogP contribution in [0.5, 0.6) is 5.75 Å². The van der Waals surface area contributed by atoms with E-state index < -0.39 is 6.10 Å². The Bertz CT molecular complexity index is 952. The van der Waals surface area contributed by atoms with E-state index in [0.717, 1.165) is 25.9 Å². The normalized spacial score (nSPS) is 27.8. The number of ether oxygens (including phenoxy) is 1. The number of piperidine rings is 3. The molecule has 5 atom stereocenters. The van der Waals surface area contributed by atoms with Gasteiger partial charge in [0.2, 0.25) is 0 Å². The second kappa shape index (κ2) is 7.82. The van der Waals surface area contributed by atoms with E-state index in [1.54, 1.807) is 6.07 Å². The molecule has 3 fully saturated rings. The zero-order chi connectivity index (χ0) is 20.2. The Morgan fingerprint density at radius 3 is 2.68 bits per heavy atom. The summed E-state index contributed by atoms with van der Waals surface area (Å²) < 4.78 is 5.34. The van der Waals surface area contributed by atoms with Crippen LogP contribution in [-0.4, -0.2) is 41.2 Å². The van der Waals surface area contributed by atoms with Gasteiger partial charge in [0.25, 0.3) is 0 Å². The maximum atomic E-state index is 11.4. The molecule has 0 amide bonds. The van der Waals surface area contributed by atoms with Crippen molar-refractivity contribution in [2.75, 3.05) is 20.2 Å². The van der Waals surface area contributed by atoms with Crippen LogP contribution in [0.25, 0.3) is 10.9 Å². The van der Waals surface area contributed by atoms with Crippen molar-refractivity contribution in [2.24, 2.45) is 11.8 Å². The molecule has 0 saturated carbocycles. The van der Waals surface area contributed by atoms with Crippen molar-refractivity contribution in [2.45, 2.75) is 25.0 Å². The van der Waals surface area contributed by atoms with Crippen LogP contribution in [0.2, 0.25) is 20.2 Å². The summed E-state index contributed by atoms with van der Waals surface area (Å²) in [5.74, 6) is 1.28. The van der Waals surface area contributed by atoms with Gasteiger partial charge in [0.15, 0.2) is 5.75 Å². The maximum absolute atomic E-state index is 11.4. The van der Waals surface area contributed by atoms with Crippen LogP contribution in [0.4, 0.5) is 0 Å². The SMILES string of the molecule is C=C[C@H]1CN2CCC1C[C@H]2[C@H](O)c1c(Cl)c(Cl)nc2cc(Cl)c(OC)c(Cl)c12. The summed E-state index contributed by atoms with van der Waals surface area (Å²) in [6.07, 6.45) is 3.12. The van der Waals surface area contributed by atoms with Crippen LogP contribution in [0.1, 0.15) is 24.5 Å². The fourth-order valence-electron chi connectivity index (χ4n) is 4.67. The number of benzene rings is 1. The Labute approximate surface area is 184 Å². The van der Waals surface area contributed by atoms with Gasteiger partial charge in [0.1, 0.15) is 5.15 Å². The zero-order valence-electron chi connectivity index (χ0n) is 15.3. The molecule has 3 aliphatic heterocycles. The predicted molar refractivity (Wildman–Crippen MR) is 115 cm³/mol. The Morgan fingerprint density at radius 2 is 2.07 bits per heavy atom. The van der Waals surface area contributed by atoms with Crippen molar-refractivity contribution in [1.82, 2.24) is 9.88 Å². The Kier molecular flexibility index (Phi) is 5.73. The van der Waals surface area contributed by atoms with Gasteiger partial charge < -0.3 is 9.84 Å². The molecule has 2 unspecified atom stereocenters. The molecule has 5 rings (SSSR count). The molecule has 0 aliphatic carbocycles. The molecule has 0 spiro atoms. The predicted octanol–water partition coefficient (Wildman–Crippen LogP) is 5.79. The summed E-state index contributed by atoms with van der Waals surface area (Å²) in [6.45, 7) is 5.78. The van der Waals surface area contributed by atoms with Crippen LogP contribution in [0.3, 0.4) is 0 Å². The van der Waals surface area contributed by atoms with Crippen molar-refractivity contribution in [3.05, 3.63) is 44.5 Å². The zero-order valence-corrected chi connectivity index (χ0v) is 18.3. The summed E-state index contributed by atoms with van der Waals surface area (Å²) in [5, 5.41) is 12.8. The van der Waals surface area contributed by atoms with Gasteiger partial charge in [0.05, 0.1) is 33.8 Å². The van der Waals surface area contributed by atoms with Crippen molar-refractivity contribution in [1.29, 1.82) is 0 Å². The van der Waals surface area contributed by atoms with Crippen molar-refractivity contribution in [3.8, 4) is 5.75 Å². The molecular formula is C20H20Cl4N2O2. The molecule has 0 radical (unpaired) electrons. The topological polar surface area (TPSA) is 45.6 Å². The number of aromatic nitrogens is 1. The van der Waals surface area contributed by atoms with Gasteiger partial charge in [-0.2, -0.15) is 0 Å². The molecular weight excluding hydrogens is 442 g/mol. The molecule has 2 aromatic rings. The monoisotopic (exact) mass is 460 g/mol. The lowest BCUT2D eigenvalue weighted by atomic mass is 9.73. The summed E-state index contributed by atoms with van der Waals surface area (Å²) in [4.78, 5) is 6.60. The minimum Gasteiger partial charge on any atom is -0.494 e. The molecule has 1 aromatic heterocycles. The van der Waals surface area contributed by atoms with Gasteiger partial charge in [-0.1, -0.05) is 52.5 Å². The average Bonchev–Trinajstić information content (AvgIpc) is 2.69. The molecule has 8 heteroatoms. The van der Waals surface area contributed by atoms with Crippen molar-refractivity contribution in [3.63, 3.8) is 0 Å². The standard InChI is InChI=1S/C20H20Cl4N2O2/c1-3-9-8-26-5-4-10(9)6-13(26)18(27)15-14-12(25-20(24)17(15)23)7-11(21)19(28-2)16(14)22/h3,7,9-10,13,18,27H,1,4-6,8H2,2H3/t9-,10?,13-,18-/m0/s1. The van der Waals surface area contributed by atoms with Crippen LogP contribution >= 0.6 is 46.4 Å². The molecule has 3 saturated heterocycles. The highest BCUT2D eigenvalue weighted by Gasteiger charge is 2.43. The first kappa shape index (κ1) is 20.5. The average molecular weight is 462 g/mol. The lowest BCUT2D eigenvalue weighted by Crippen LogP contribution is -2.54.